The Hall–Kier alpha value is -3.10. The lowest BCUT2D eigenvalue weighted by molar-refractivity contribution is 0.299. The fraction of sp³-hybridized carbons (Fsp3) is 0.429. The highest BCUT2D eigenvalue weighted by Crippen LogP contribution is 2.55. The van der Waals surface area contributed by atoms with Gasteiger partial charge in [-0.05, 0) is 47.9 Å². The SMILES string of the molecule is COc1ccc([C@H]2[C@@H]3C[C@@H](C)CC=C3C(C#N)(C#N)C(=N)[C@@H]2C#N)cc1. The highest BCUT2D eigenvalue weighted by molar-refractivity contribution is 6.01. The lowest BCUT2D eigenvalue weighted by Gasteiger charge is -2.46. The second kappa shape index (κ2) is 6.66. The largest absolute Gasteiger partial charge is 0.497 e. The van der Waals surface area contributed by atoms with E-state index >= 15 is 0 Å². The first-order valence-corrected chi connectivity index (χ1v) is 8.67. The van der Waals surface area contributed by atoms with Crippen LogP contribution in [0.25, 0.3) is 0 Å². The van der Waals surface area contributed by atoms with Crippen LogP contribution in [0.2, 0.25) is 0 Å². The third kappa shape index (κ3) is 2.47. The number of ether oxygens (including phenoxy) is 1. The summed E-state index contributed by atoms with van der Waals surface area (Å²) in [6.45, 7) is 2.14. The van der Waals surface area contributed by atoms with Gasteiger partial charge in [0.1, 0.15) is 5.75 Å². The van der Waals surface area contributed by atoms with E-state index in [-0.39, 0.29) is 17.5 Å². The normalized spacial score (nSPS) is 29.3. The molecule has 0 spiro atoms. The molecule has 2 aliphatic rings. The number of nitrogens with zero attached hydrogens (tertiary/aromatic N) is 3. The summed E-state index contributed by atoms with van der Waals surface area (Å²) in [5.74, 6) is 0.0121. The van der Waals surface area contributed by atoms with Crippen molar-refractivity contribution in [2.24, 2.45) is 23.2 Å². The second-order valence-electron chi connectivity index (χ2n) is 7.14. The first kappa shape index (κ1) is 17.7. The predicted octanol–water partition coefficient (Wildman–Crippen LogP) is 3.96. The summed E-state index contributed by atoms with van der Waals surface area (Å²) in [5.41, 5.74) is -0.0638. The van der Waals surface area contributed by atoms with Crippen molar-refractivity contribution in [2.75, 3.05) is 7.11 Å². The Morgan fingerprint density at radius 3 is 2.35 bits per heavy atom. The van der Waals surface area contributed by atoms with E-state index in [1.165, 1.54) is 0 Å². The van der Waals surface area contributed by atoms with Crippen LogP contribution in [-0.4, -0.2) is 12.8 Å². The molecule has 5 heteroatoms. The summed E-state index contributed by atoms with van der Waals surface area (Å²) in [6, 6.07) is 13.9. The van der Waals surface area contributed by atoms with Crippen molar-refractivity contribution in [3.63, 3.8) is 0 Å². The van der Waals surface area contributed by atoms with Crippen molar-refractivity contribution >= 4 is 5.71 Å². The molecule has 1 aromatic carbocycles. The molecule has 3 rings (SSSR count). The smallest absolute Gasteiger partial charge is 0.203 e. The number of nitrogens with one attached hydrogen (secondary N) is 1. The Balaban J connectivity index is 2.18. The highest BCUT2D eigenvalue weighted by atomic mass is 16.5. The van der Waals surface area contributed by atoms with Gasteiger partial charge in [-0.2, -0.15) is 15.8 Å². The maximum atomic E-state index is 9.82. The maximum absolute atomic E-state index is 9.82. The van der Waals surface area contributed by atoms with Crippen LogP contribution in [0.4, 0.5) is 0 Å². The minimum atomic E-state index is -1.62. The van der Waals surface area contributed by atoms with Gasteiger partial charge in [0.25, 0.3) is 0 Å². The zero-order valence-corrected chi connectivity index (χ0v) is 14.9. The predicted molar refractivity (Wildman–Crippen MR) is 96.2 cm³/mol. The van der Waals surface area contributed by atoms with Crippen molar-refractivity contribution in [2.45, 2.75) is 25.7 Å². The molecule has 1 fully saturated rings. The second-order valence-corrected chi connectivity index (χ2v) is 7.14. The van der Waals surface area contributed by atoms with Gasteiger partial charge in [0, 0.05) is 5.92 Å². The van der Waals surface area contributed by atoms with Crippen LogP contribution in [0.15, 0.2) is 35.9 Å². The standard InChI is InChI=1S/C21H20N4O/c1-13-3-8-18-16(9-13)19(14-4-6-15(26-2)7-5-14)17(10-22)20(25)21(18,11-23)12-24/h4-8,13,16-17,19,25H,3,9H2,1-2H3/t13-,16+,17+,19-/m0/s1. The fourth-order valence-electron chi connectivity index (χ4n) is 4.38. The number of methoxy groups -OCH3 is 1. The molecule has 0 saturated heterocycles. The van der Waals surface area contributed by atoms with Crippen LogP contribution >= 0.6 is 0 Å². The quantitative estimate of drug-likeness (QED) is 0.820. The van der Waals surface area contributed by atoms with Gasteiger partial charge in [0.15, 0.2) is 0 Å². The average Bonchev–Trinajstić information content (AvgIpc) is 2.68. The molecule has 0 aromatic heterocycles. The van der Waals surface area contributed by atoms with Gasteiger partial charge in [-0.25, -0.2) is 0 Å². The highest BCUT2D eigenvalue weighted by Gasteiger charge is 2.56. The molecule has 26 heavy (non-hydrogen) atoms. The van der Waals surface area contributed by atoms with E-state index in [0.29, 0.717) is 11.5 Å². The average molecular weight is 344 g/mol. The Labute approximate surface area is 153 Å². The molecule has 130 valence electrons. The first-order valence-electron chi connectivity index (χ1n) is 8.67. The van der Waals surface area contributed by atoms with E-state index < -0.39 is 11.3 Å². The zero-order chi connectivity index (χ0) is 18.9. The van der Waals surface area contributed by atoms with Gasteiger partial charge in [0.2, 0.25) is 5.41 Å². The molecule has 0 unspecified atom stereocenters. The number of rotatable bonds is 2. The van der Waals surface area contributed by atoms with E-state index in [2.05, 4.69) is 25.1 Å². The Kier molecular flexibility index (Phi) is 4.54. The molecule has 1 N–H and O–H groups in total. The zero-order valence-electron chi connectivity index (χ0n) is 14.9. The fourth-order valence-corrected chi connectivity index (χ4v) is 4.38. The molecule has 1 aromatic rings. The number of hydrogen-bond donors (Lipinski definition) is 1. The summed E-state index contributed by atoms with van der Waals surface area (Å²) >= 11 is 0. The summed E-state index contributed by atoms with van der Waals surface area (Å²) in [6.07, 6.45) is 3.56. The van der Waals surface area contributed by atoms with Gasteiger partial charge in [0.05, 0.1) is 36.9 Å². The molecule has 0 heterocycles. The Morgan fingerprint density at radius 2 is 1.81 bits per heavy atom. The summed E-state index contributed by atoms with van der Waals surface area (Å²) < 4.78 is 5.22. The summed E-state index contributed by atoms with van der Waals surface area (Å²) in [7, 11) is 1.60. The van der Waals surface area contributed by atoms with Crippen molar-refractivity contribution in [1.82, 2.24) is 0 Å². The summed E-state index contributed by atoms with van der Waals surface area (Å²) in [5, 5.41) is 37.9. The number of hydrogen-bond acceptors (Lipinski definition) is 5. The van der Waals surface area contributed by atoms with Crippen molar-refractivity contribution in [3.8, 4) is 24.0 Å². The van der Waals surface area contributed by atoms with Crippen molar-refractivity contribution in [1.29, 1.82) is 21.2 Å². The third-order valence-corrected chi connectivity index (χ3v) is 5.71. The minimum Gasteiger partial charge on any atom is -0.497 e. The number of benzene rings is 1. The van der Waals surface area contributed by atoms with Crippen molar-refractivity contribution in [3.05, 3.63) is 41.5 Å². The molecule has 0 amide bonds. The molecule has 4 atom stereocenters. The van der Waals surface area contributed by atoms with Crippen LogP contribution in [0.3, 0.4) is 0 Å². The molecule has 0 aliphatic heterocycles. The summed E-state index contributed by atoms with van der Waals surface area (Å²) in [4.78, 5) is 0. The molecule has 1 saturated carbocycles. The Morgan fingerprint density at radius 1 is 1.15 bits per heavy atom. The van der Waals surface area contributed by atoms with Gasteiger partial charge >= 0.3 is 0 Å². The Bertz CT molecular complexity index is 865. The van der Waals surface area contributed by atoms with E-state index in [4.69, 9.17) is 10.1 Å². The monoisotopic (exact) mass is 344 g/mol. The van der Waals surface area contributed by atoms with Crippen LogP contribution in [0.5, 0.6) is 5.75 Å². The molecular weight excluding hydrogens is 324 g/mol. The number of allylic oxidation sites excluding steroid dienone is 2. The molecule has 0 bridgehead atoms. The number of nitriles is 3. The van der Waals surface area contributed by atoms with E-state index in [9.17, 15) is 15.8 Å². The van der Waals surface area contributed by atoms with Crippen LogP contribution < -0.4 is 4.74 Å². The van der Waals surface area contributed by atoms with Crippen LogP contribution in [-0.2, 0) is 0 Å². The molecule has 2 aliphatic carbocycles. The van der Waals surface area contributed by atoms with Gasteiger partial charge in [-0.15, -0.1) is 0 Å². The van der Waals surface area contributed by atoms with E-state index in [1.807, 2.05) is 30.3 Å². The number of fused-ring (bicyclic) bond motifs is 1. The first-order chi connectivity index (χ1) is 12.5. The lowest BCUT2D eigenvalue weighted by atomic mass is 9.53. The van der Waals surface area contributed by atoms with Gasteiger partial charge < -0.3 is 10.1 Å². The lowest BCUT2D eigenvalue weighted by Crippen LogP contribution is -2.48. The van der Waals surface area contributed by atoms with E-state index in [0.717, 1.165) is 24.2 Å². The molecule has 0 radical (unpaired) electrons. The third-order valence-electron chi connectivity index (χ3n) is 5.71. The molecule has 5 nitrogen and oxygen atoms in total. The van der Waals surface area contributed by atoms with Crippen LogP contribution in [0.1, 0.15) is 31.2 Å². The van der Waals surface area contributed by atoms with Gasteiger partial charge in [-0.1, -0.05) is 25.1 Å². The van der Waals surface area contributed by atoms with Gasteiger partial charge in [-0.3, -0.25) is 0 Å². The maximum Gasteiger partial charge on any atom is 0.203 e. The van der Waals surface area contributed by atoms with E-state index in [1.54, 1.807) is 7.11 Å². The molecular formula is C21H20N4O. The minimum absolute atomic E-state index is 0.0924. The van der Waals surface area contributed by atoms with Crippen molar-refractivity contribution < 1.29 is 4.74 Å². The van der Waals surface area contributed by atoms with Crippen LogP contribution in [0, 0.1) is 62.6 Å². The topological polar surface area (TPSA) is 104 Å².